The molecule has 27 heavy (non-hydrogen) atoms. The number of carbonyl (C=O) groups excluding carboxylic acids is 1. The maximum absolute atomic E-state index is 12.7. The molecule has 7 nitrogen and oxygen atoms in total. The van der Waals surface area contributed by atoms with Crippen molar-refractivity contribution in [2.75, 3.05) is 37.7 Å². The van der Waals surface area contributed by atoms with Crippen molar-refractivity contribution in [2.45, 2.75) is 38.7 Å². The molecule has 0 radical (unpaired) electrons. The Bertz CT molecular complexity index is 777. The number of aryl methyl sites for hydroxylation is 2. The molecule has 0 aliphatic carbocycles. The first-order valence-electron chi connectivity index (χ1n) is 9.55. The van der Waals surface area contributed by atoms with Crippen LogP contribution in [0.4, 0.5) is 5.69 Å². The van der Waals surface area contributed by atoms with Gasteiger partial charge in [-0.05, 0) is 38.8 Å². The van der Waals surface area contributed by atoms with E-state index in [9.17, 15) is 4.79 Å². The number of anilines is 1. The molecule has 0 bridgehead atoms. The minimum absolute atomic E-state index is 0.140. The lowest BCUT2D eigenvalue weighted by molar-refractivity contribution is -0.138. The van der Waals surface area contributed by atoms with E-state index >= 15 is 0 Å². The topological polar surface area (TPSA) is 71.7 Å². The Hall–Kier alpha value is -2.41. The van der Waals surface area contributed by atoms with Gasteiger partial charge in [-0.2, -0.15) is 0 Å². The van der Waals surface area contributed by atoms with Crippen LogP contribution in [0.15, 0.2) is 29.0 Å². The lowest BCUT2D eigenvalue weighted by atomic mass is 9.89. The number of nitrogens with zero attached hydrogens (tertiary/aromatic N) is 4. The second-order valence-electron chi connectivity index (χ2n) is 7.52. The van der Waals surface area contributed by atoms with E-state index in [1.54, 1.807) is 0 Å². The maximum atomic E-state index is 12.7. The van der Waals surface area contributed by atoms with Gasteiger partial charge in [-0.25, -0.2) is 0 Å². The van der Waals surface area contributed by atoms with Crippen molar-refractivity contribution in [1.29, 1.82) is 0 Å². The number of carbonyl (C=O) groups is 1. The Morgan fingerprint density at radius 3 is 2.59 bits per heavy atom. The highest BCUT2D eigenvalue weighted by atomic mass is 16.5. The number of hydrogen-bond donors (Lipinski definition) is 0. The SMILES string of the molecule is Cc1noc(C)c1CC(=O)N1CCC2(CC1)CN(c1ccncc1)CCO2. The molecule has 2 aromatic heterocycles. The van der Waals surface area contributed by atoms with Crippen LogP contribution in [-0.2, 0) is 16.0 Å². The minimum atomic E-state index is -0.165. The van der Waals surface area contributed by atoms with E-state index in [1.807, 2.05) is 43.3 Å². The molecule has 0 N–H and O–H groups in total. The summed E-state index contributed by atoms with van der Waals surface area (Å²) in [6.07, 6.45) is 5.74. The first-order chi connectivity index (χ1) is 13.1. The zero-order valence-corrected chi connectivity index (χ0v) is 16.0. The van der Waals surface area contributed by atoms with Gasteiger partial charge in [0.15, 0.2) is 0 Å². The van der Waals surface area contributed by atoms with Gasteiger partial charge in [0.2, 0.25) is 5.91 Å². The zero-order valence-electron chi connectivity index (χ0n) is 16.0. The molecular formula is C20H26N4O3. The molecule has 144 valence electrons. The summed E-state index contributed by atoms with van der Waals surface area (Å²) < 4.78 is 11.4. The Morgan fingerprint density at radius 1 is 1.19 bits per heavy atom. The Kier molecular flexibility index (Phi) is 4.86. The molecule has 4 rings (SSSR count). The fourth-order valence-corrected chi connectivity index (χ4v) is 4.10. The summed E-state index contributed by atoms with van der Waals surface area (Å²) in [5.74, 6) is 0.874. The summed E-state index contributed by atoms with van der Waals surface area (Å²) in [4.78, 5) is 21.1. The Labute approximate surface area is 159 Å². The number of amides is 1. The fraction of sp³-hybridized carbons (Fsp3) is 0.550. The molecule has 2 saturated heterocycles. The van der Waals surface area contributed by atoms with Crippen molar-refractivity contribution in [1.82, 2.24) is 15.0 Å². The van der Waals surface area contributed by atoms with E-state index in [0.717, 1.165) is 62.6 Å². The van der Waals surface area contributed by atoms with Crippen LogP contribution in [0.1, 0.15) is 29.9 Å². The third kappa shape index (κ3) is 3.69. The summed E-state index contributed by atoms with van der Waals surface area (Å²) in [6, 6.07) is 4.09. The molecule has 4 heterocycles. The molecule has 1 amide bonds. The van der Waals surface area contributed by atoms with Gasteiger partial charge in [-0.3, -0.25) is 9.78 Å². The predicted molar refractivity (Wildman–Crippen MR) is 101 cm³/mol. The standard InChI is InChI=1S/C20H26N4O3/c1-15-18(16(2)27-22-15)13-19(25)23-9-5-20(6-10-23)14-24(11-12-26-20)17-3-7-21-8-4-17/h3-4,7-8H,5-6,9-14H2,1-2H3. The highest BCUT2D eigenvalue weighted by Gasteiger charge is 2.40. The van der Waals surface area contributed by atoms with Gasteiger partial charge in [0.05, 0.1) is 24.3 Å². The van der Waals surface area contributed by atoms with Crippen LogP contribution in [0, 0.1) is 13.8 Å². The van der Waals surface area contributed by atoms with Crippen molar-refractivity contribution in [3.8, 4) is 0 Å². The van der Waals surface area contributed by atoms with E-state index in [-0.39, 0.29) is 11.5 Å². The molecular weight excluding hydrogens is 344 g/mol. The molecule has 0 atom stereocenters. The number of aromatic nitrogens is 2. The van der Waals surface area contributed by atoms with E-state index in [1.165, 1.54) is 5.69 Å². The van der Waals surface area contributed by atoms with Gasteiger partial charge in [0, 0.05) is 49.8 Å². The molecule has 2 aliphatic heterocycles. The maximum Gasteiger partial charge on any atom is 0.227 e. The third-order valence-corrected chi connectivity index (χ3v) is 5.81. The fourth-order valence-electron chi connectivity index (χ4n) is 4.10. The zero-order chi connectivity index (χ0) is 18.9. The normalized spacial score (nSPS) is 19.5. The quantitative estimate of drug-likeness (QED) is 0.824. The molecule has 2 aliphatic rings. The summed E-state index contributed by atoms with van der Waals surface area (Å²) in [6.45, 7) is 7.67. The first-order valence-corrected chi connectivity index (χ1v) is 9.55. The van der Waals surface area contributed by atoms with Gasteiger partial charge in [-0.1, -0.05) is 5.16 Å². The molecule has 2 fully saturated rings. The Morgan fingerprint density at radius 2 is 1.93 bits per heavy atom. The smallest absolute Gasteiger partial charge is 0.227 e. The van der Waals surface area contributed by atoms with Crippen LogP contribution in [0.2, 0.25) is 0 Å². The van der Waals surface area contributed by atoms with Crippen molar-refractivity contribution >= 4 is 11.6 Å². The molecule has 2 aromatic rings. The highest BCUT2D eigenvalue weighted by molar-refractivity contribution is 5.79. The molecule has 0 saturated carbocycles. The van der Waals surface area contributed by atoms with Crippen molar-refractivity contribution in [3.63, 3.8) is 0 Å². The number of ether oxygens (including phenoxy) is 1. The largest absolute Gasteiger partial charge is 0.371 e. The number of rotatable bonds is 3. The van der Waals surface area contributed by atoms with E-state index < -0.39 is 0 Å². The Balaban J connectivity index is 1.37. The molecule has 7 heteroatoms. The lowest BCUT2D eigenvalue weighted by Crippen LogP contribution is -2.57. The van der Waals surface area contributed by atoms with E-state index in [2.05, 4.69) is 15.0 Å². The summed E-state index contributed by atoms with van der Waals surface area (Å²) in [5, 5.41) is 3.94. The number of morpholine rings is 1. The first kappa shape index (κ1) is 18.0. The number of pyridine rings is 1. The average Bonchev–Trinajstić information content (AvgIpc) is 3.01. The van der Waals surface area contributed by atoms with Gasteiger partial charge in [0.1, 0.15) is 5.76 Å². The van der Waals surface area contributed by atoms with Gasteiger partial charge < -0.3 is 19.1 Å². The van der Waals surface area contributed by atoms with Crippen LogP contribution in [0.25, 0.3) is 0 Å². The van der Waals surface area contributed by atoms with E-state index in [4.69, 9.17) is 9.26 Å². The summed E-state index contributed by atoms with van der Waals surface area (Å²) >= 11 is 0. The monoisotopic (exact) mass is 370 g/mol. The summed E-state index contributed by atoms with van der Waals surface area (Å²) in [7, 11) is 0. The van der Waals surface area contributed by atoms with Gasteiger partial charge in [-0.15, -0.1) is 0 Å². The second-order valence-corrected chi connectivity index (χ2v) is 7.52. The highest BCUT2D eigenvalue weighted by Crippen LogP contribution is 2.32. The van der Waals surface area contributed by atoms with Gasteiger partial charge in [0.25, 0.3) is 0 Å². The van der Waals surface area contributed by atoms with Crippen LogP contribution < -0.4 is 4.90 Å². The van der Waals surface area contributed by atoms with Gasteiger partial charge >= 0.3 is 0 Å². The van der Waals surface area contributed by atoms with Crippen LogP contribution in [0.5, 0.6) is 0 Å². The summed E-state index contributed by atoms with van der Waals surface area (Å²) in [5.41, 5.74) is 2.74. The van der Waals surface area contributed by atoms with Crippen molar-refractivity contribution < 1.29 is 14.1 Å². The number of hydrogen-bond acceptors (Lipinski definition) is 6. The van der Waals surface area contributed by atoms with Crippen molar-refractivity contribution in [3.05, 3.63) is 41.5 Å². The van der Waals surface area contributed by atoms with Crippen molar-refractivity contribution in [2.24, 2.45) is 0 Å². The van der Waals surface area contributed by atoms with Crippen LogP contribution in [0.3, 0.4) is 0 Å². The molecule has 0 aromatic carbocycles. The third-order valence-electron chi connectivity index (χ3n) is 5.81. The lowest BCUT2D eigenvalue weighted by Gasteiger charge is -2.48. The average molecular weight is 370 g/mol. The minimum Gasteiger partial charge on any atom is -0.371 e. The second kappa shape index (κ2) is 7.31. The van der Waals surface area contributed by atoms with Crippen LogP contribution in [-0.4, -0.2) is 59.3 Å². The molecule has 1 spiro atoms. The number of likely N-dealkylation sites (tertiary alicyclic amines) is 1. The van der Waals surface area contributed by atoms with E-state index in [0.29, 0.717) is 6.42 Å². The molecule has 0 unspecified atom stereocenters. The number of piperidine rings is 1. The van der Waals surface area contributed by atoms with Crippen LogP contribution >= 0.6 is 0 Å². The predicted octanol–water partition coefficient (Wildman–Crippen LogP) is 2.13.